The zero-order valence-electron chi connectivity index (χ0n) is 13.2. The van der Waals surface area contributed by atoms with Gasteiger partial charge in [0.15, 0.2) is 10.7 Å². The molecule has 0 aliphatic carbocycles. The molecule has 0 saturated carbocycles. The van der Waals surface area contributed by atoms with Crippen molar-refractivity contribution in [3.8, 4) is 0 Å². The quantitative estimate of drug-likeness (QED) is 0.113. The Bertz CT molecular complexity index is 892. The molecule has 26 heavy (non-hydrogen) atoms. The maximum Gasteiger partial charge on any atom is 0.276 e. The van der Waals surface area contributed by atoms with Gasteiger partial charge in [-0.1, -0.05) is 16.9 Å². The maximum atomic E-state index is 13.3. The lowest BCUT2D eigenvalue weighted by Crippen LogP contribution is -2.35. The van der Waals surface area contributed by atoms with Crippen LogP contribution in [-0.4, -0.2) is 49.1 Å². The second-order valence-corrected chi connectivity index (χ2v) is 8.21. The van der Waals surface area contributed by atoms with Gasteiger partial charge in [0, 0.05) is 25.0 Å². The molecule has 0 radical (unpaired) electrons. The summed E-state index contributed by atoms with van der Waals surface area (Å²) in [6.45, 7) is 0.129. The number of hydrogen-bond acceptors (Lipinski definition) is 8. The molecule has 1 aromatic carbocycles. The molecule has 0 spiro atoms. The summed E-state index contributed by atoms with van der Waals surface area (Å²) >= 11 is 4.20. The molecule has 0 amide bonds. The van der Waals surface area contributed by atoms with Crippen LogP contribution in [0.1, 0.15) is 5.69 Å². The van der Waals surface area contributed by atoms with E-state index in [2.05, 4.69) is 50.8 Å². The number of halogens is 2. The molecule has 0 saturated heterocycles. The third-order valence-electron chi connectivity index (χ3n) is 2.87. The predicted molar refractivity (Wildman–Crippen MR) is 97.1 cm³/mol. The van der Waals surface area contributed by atoms with E-state index in [1.54, 1.807) is 0 Å². The first-order valence-electron chi connectivity index (χ1n) is 6.94. The minimum absolute atomic E-state index is 0.0666. The van der Waals surface area contributed by atoms with E-state index >= 15 is 0 Å². The van der Waals surface area contributed by atoms with Crippen molar-refractivity contribution in [2.45, 2.75) is 5.03 Å². The molecule has 0 aliphatic heterocycles. The highest BCUT2D eigenvalue weighted by Crippen LogP contribution is 2.23. The topological polar surface area (TPSA) is 142 Å². The molecular weight excluding hydrogens is 455 g/mol. The fraction of sp³-hybridized carbons (Fsp3) is 0.250. The van der Waals surface area contributed by atoms with Crippen molar-refractivity contribution in [1.29, 1.82) is 0 Å². The van der Waals surface area contributed by atoms with Crippen molar-refractivity contribution in [3.05, 3.63) is 34.2 Å². The Balaban J connectivity index is 2.03. The van der Waals surface area contributed by atoms with E-state index in [1.165, 1.54) is 25.2 Å². The molecular formula is C12H14BrFN6O4S2. The van der Waals surface area contributed by atoms with Crippen LogP contribution in [0.5, 0.6) is 0 Å². The van der Waals surface area contributed by atoms with Crippen molar-refractivity contribution < 1.29 is 22.6 Å². The van der Waals surface area contributed by atoms with Gasteiger partial charge in [0.05, 0.1) is 4.47 Å². The predicted octanol–water partition coefficient (Wildman–Crippen LogP) is 1.37. The highest BCUT2D eigenvalue weighted by atomic mass is 79.9. The summed E-state index contributed by atoms with van der Waals surface area (Å²) in [5.41, 5.74) is 0.557. The minimum atomic E-state index is -3.52. The molecule has 0 unspecified atom stereocenters. The average molecular weight is 469 g/mol. The number of nitrogens with zero attached hydrogens (tertiary/aromatic N) is 3. The zero-order chi connectivity index (χ0) is 19.2. The fourth-order valence-corrected chi connectivity index (χ4v) is 3.44. The molecule has 4 N–H and O–H groups in total. The summed E-state index contributed by atoms with van der Waals surface area (Å²) in [5.74, 6) is -0.187. The normalized spacial score (nSPS) is 12.3. The Hall–Kier alpha value is -1.74. The Kier molecular flexibility index (Phi) is 7.33. The van der Waals surface area contributed by atoms with Crippen molar-refractivity contribution in [2.24, 2.45) is 5.16 Å². The number of benzene rings is 1. The van der Waals surface area contributed by atoms with Crippen molar-refractivity contribution in [3.63, 3.8) is 0 Å². The fourth-order valence-electron chi connectivity index (χ4n) is 1.66. The van der Waals surface area contributed by atoms with Crippen molar-refractivity contribution >= 4 is 49.4 Å². The van der Waals surface area contributed by atoms with Crippen LogP contribution in [0, 0.1) is 5.82 Å². The van der Waals surface area contributed by atoms with E-state index in [9.17, 15) is 18.0 Å². The molecule has 2 aromatic rings. The van der Waals surface area contributed by atoms with E-state index in [-0.39, 0.29) is 27.6 Å². The van der Waals surface area contributed by atoms with Crippen LogP contribution in [0.15, 0.2) is 37.5 Å². The van der Waals surface area contributed by atoms with Crippen LogP contribution < -0.4 is 14.8 Å². The Labute approximate surface area is 160 Å². The van der Waals surface area contributed by atoms with Crippen LogP contribution >= 0.6 is 27.7 Å². The summed E-state index contributed by atoms with van der Waals surface area (Å²) < 4.78 is 45.1. The molecule has 14 heteroatoms. The first kappa shape index (κ1) is 20.6. The first-order chi connectivity index (χ1) is 12.4. The summed E-state index contributed by atoms with van der Waals surface area (Å²) in [7, 11) is -2.23. The summed E-state index contributed by atoms with van der Waals surface area (Å²) in [5, 5.41) is 22.8. The Morgan fingerprint density at radius 1 is 1.46 bits per heavy atom. The van der Waals surface area contributed by atoms with Gasteiger partial charge >= 0.3 is 0 Å². The number of aromatic nitrogens is 2. The Morgan fingerprint density at radius 2 is 2.23 bits per heavy atom. The third-order valence-corrected chi connectivity index (χ3v) is 5.55. The number of anilines is 1. The highest BCUT2D eigenvalue weighted by Gasteiger charge is 2.18. The largest absolute Gasteiger partial charge is 0.409 e. The van der Waals surface area contributed by atoms with Crippen molar-refractivity contribution in [1.82, 2.24) is 19.8 Å². The first-order valence-corrected chi connectivity index (χ1v) is 10.2. The molecule has 0 aliphatic rings. The molecule has 10 nitrogen and oxygen atoms in total. The number of oxime groups is 1. The molecule has 1 heterocycles. The van der Waals surface area contributed by atoms with E-state index in [1.807, 2.05) is 0 Å². The second kappa shape index (κ2) is 9.27. The van der Waals surface area contributed by atoms with Crippen LogP contribution in [0.2, 0.25) is 0 Å². The maximum absolute atomic E-state index is 13.3. The molecule has 142 valence electrons. The molecule has 2 rings (SSSR count). The SMILES string of the molecule is CNS(=O)(=O)NCCSc1nonc1C(=NO)Nc1ccc(F)c(Br)c1. The van der Waals surface area contributed by atoms with Gasteiger partial charge in [-0.2, -0.15) is 8.42 Å². The zero-order valence-corrected chi connectivity index (χ0v) is 16.5. The van der Waals surface area contributed by atoms with Gasteiger partial charge in [-0.05, 0) is 44.4 Å². The summed E-state index contributed by atoms with van der Waals surface area (Å²) in [4.78, 5) is 0. The second-order valence-electron chi connectivity index (χ2n) is 4.57. The lowest BCUT2D eigenvalue weighted by molar-refractivity contribution is 0.297. The number of thioether (sulfide) groups is 1. The average Bonchev–Trinajstić information content (AvgIpc) is 3.08. The van der Waals surface area contributed by atoms with Crippen LogP contribution in [0.4, 0.5) is 10.1 Å². The van der Waals surface area contributed by atoms with E-state index < -0.39 is 16.0 Å². The molecule has 0 bridgehead atoms. The van der Waals surface area contributed by atoms with Crippen LogP contribution in [0.25, 0.3) is 0 Å². The Morgan fingerprint density at radius 3 is 2.88 bits per heavy atom. The highest BCUT2D eigenvalue weighted by molar-refractivity contribution is 9.10. The van der Waals surface area contributed by atoms with Gasteiger partial charge in [-0.15, -0.1) is 0 Å². The van der Waals surface area contributed by atoms with Crippen LogP contribution in [0.3, 0.4) is 0 Å². The number of amidine groups is 1. The van der Waals surface area contributed by atoms with E-state index in [0.717, 1.165) is 11.8 Å². The smallest absolute Gasteiger partial charge is 0.276 e. The summed E-state index contributed by atoms with van der Waals surface area (Å²) in [6, 6.07) is 4.12. The van der Waals surface area contributed by atoms with Gasteiger partial charge in [0.25, 0.3) is 10.2 Å². The number of hydrogen-bond donors (Lipinski definition) is 4. The van der Waals surface area contributed by atoms with E-state index in [4.69, 9.17) is 0 Å². The standard InChI is InChI=1S/C12H14BrFN6O4S2/c1-15-26(22,23)16-4-5-25-12-10(19-24-20-12)11(18-21)17-7-2-3-9(14)8(13)6-7/h2-3,6,15-16,21H,4-5H2,1H3,(H,17,18). The van der Waals surface area contributed by atoms with Crippen molar-refractivity contribution in [2.75, 3.05) is 24.7 Å². The van der Waals surface area contributed by atoms with Gasteiger partial charge in [-0.25, -0.2) is 18.5 Å². The minimum Gasteiger partial charge on any atom is -0.409 e. The van der Waals surface area contributed by atoms with Gasteiger partial charge < -0.3 is 10.5 Å². The van der Waals surface area contributed by atoms with Gasteiger partial charge in [-0.3, -0.25) is 0 Å². The van der Waals surface area contributed by atoms with Gasteiger partial charge in [0.2, 0.25) is 5.84 Å². The monoisotopic (exact) mass is 468 g/mol. The van der Waals surface area contributed by atoms with E-state index in [0.29, 0.717) is 11.4 Å². The summed E-state index contributed by atoms with van der Waals surface area (Å²) in [6.07, 6.45) is 0. The molecule has 0 fully saturated rings. The number of rotatable bonds is 8. The molecule has 0 atom stereocenters. The third kappa shape index (κ3) is 5.63. The number of nitrogens with one attached hydrogen (secondary N) is 3. The van der Waals surface area contributed by atoms with Crippen LogP contribution in [-0.2, 0) is 10.2 Å². The van der Waals surface area contributed by atoms with Gasteiger partial charge in [0.1, 0.15) is 5.82 Å². The lowest BCUT2D eigenvalue weighted by atomic mass is 10.3. The lowest BCUT2D eigenvalue weighted by Gasteiger charge is -2.07. The molecule has 1 aromatic heterocycles.